The molecule has 0 amide bonds. The van der Waals surface area contributed by atoms with Gasteiger partial charge in [0.25, 0.3) is 0 Å². The number of aliphatic hydroxyl groups excluding tert-OH is 1. The third kappa shape index (κ3) is 2.40. The molecule has 0 aliphatic rings. The molecular formula is C17H14FNO. The molecule has 1 atom stereocenters. The minimum atomic E-state index is -0.821. The van der Waals surface area contributed by atoms with Crippen LogP contribution >= 0.6 is 0 Å². The van der Waals surface area contributed by atoms with Crippen molar-refractivity contribution in [2.75, 3.05) is 0 Å². The molecule has 20 heavy (non-hydrogen) atoms. The lowest BCUT2D eigenvalue weighted by Crippen LogP contribution is -2.06. The van der Waals surface area contributed by atoms with Crippen molar-refractivity contribution in [3.05, 3.63) is 77.9 Å². The number of rotatable bonds is 3. The maximum atomic E-state index is 13.6. The van der Waals surface area contributed by atoms with Gasteiger partial charge < -0.3 is 5.11 Å². The van der Waals surface area contributed by atoms with Gasteiger partial charge in [-0.1, -0.05) is 42.5 Å². The molecule has 3 aromatic rings. The van der Waals surface area contributed by atoms with Crippen LogP contribution in [0.4, 0.5) is 4.39 Å². The lowest BCUT2D eigenvalue weighted by molar-refractivity contribution is 0.174. The van der Waals surface area contributed by atoms with Gasteiger partial charge in [0.05, 0.1) is 5.69 Å². The molecule has 1 aromatic heterocycles. The Bertz CT molecular complexity index is 736. The van der Waals surface area contributed by atoms with Crippen molar-refractivity contribution < 1.29 is 9.50 Å². The van der Waals surface area contributed by atoms with Crippen molar-refractivity contribution in [1.82, 2.24) is 4.98 Å². The summed E-state index contributed by atoms with van der Waals surface area (Å²) in [5.41, 5.74) is 1.08. The molecule has 0 aliphatic heterocycles. The standard InChI is InChI=1S/C17H14FNO/c18-15-8-4-2-6-13(15)11-16(20)17-14-7-3-1-5-12(14)9-10-19-17/h1-10,16,20H,11H2. The Morgan fingerprint density at radius 3 is 2.60 bits per heavy atom. The smallest absolute Gasteiger partial charge is 0.126 e. The highest BCUT2D eigenvalue weighted by Crippen LogP contribution is 2.25. The molecule has 2 nitrogen and oxygen atoms in total. The van der Waals surface area contributed by atoms with E-state index in [2.05, 4.69) is 4.98 Å². The first-order valence-corrected chi connectivity index (χ1v) is 6.51. The fraction of sp³-hybridized carbons (Fsp3) is 0.118. The van der Waals surface area contributed by atoms with Gasteiger partial charge in [0, 0.05) is 18.0 Å². The van der Waals surface area contributed by atoms with Crippen LogP contribution in [0.2, 0.25) is 0 Å². The molecule has 1 unspecified atom stereocenters. The highest BCUT2D eigenvalue weighted by Gasteiger charge is 2.15. The van der Waals surface area contributed by atoms with Crippen LogP contribution < -0.4 is 0 Å². The van der Waals surface area contributed by atoms with Crippen molar-refractivity contribution in [2.45, 2.75) is 12.5 Å². The van der Waals surface area contributed by atoms with E-state index in [1.165, 1.54) is 6.07 Å². The molecule has 2 aromatic carbocycles. The van der Waals surface area contributed by atoms with Gasteiger partial charge in [-0.15, -0.1) is 0 Å². The lowest BCUT2D eigenvalue weighted by atomic mass is 10.0. The number of pyridine rings is 1. The molecule has 1 N–H and O–H groups in total. The third-order valence-electron chi connectivity index (χ3n) is 3.39. The molecule has 0 radical (unpaired) electrons. The van der Waals surface area contributed by atoms with Gasteiger partial charge in [-0.2, -0.15) is 0 Å². The van der Waals surface area contributed by atoms with Crippen molar-refractivity contribution in [3.8, 4) is 0 Å². The second kappa shape index (κ2) is 5.39. The molecule has 0 aliphatic carbocycles. The van der Waals surface area contributed by atoms with E-state index >= 15 is 0 Å². The first kappa shape index (κ1) is 12.8. The number of aliphatic hydroxyl groups is 1. The van der Waals surface area contributed by atoms with E-state index in [9.17, 15) is 9.50 Å². The lowest BCUT2D eigenvalue weighted by Gasteiger charge is -2.13. The minimum absolute atomic E-state index is 0.216. The Morgan fingerprint density at radius 2 is 1.75 bits per heavy atom. The summed E-state index contributed by atoms with van der Waals surface area (Å²) in [6.07, 6.45) is 1.06. The number of benzene rings is 2. The van der Waals surface area contributed by atoms with Gasteiger partial charge in [0.1, 0.15) is 11.9 Å². The highest BCUT2D eigenvalue weighted by atomic mass is 19.1. The summed E-state index contributed by atoms with van der Waals surface area (Å²) >= 11 is 0. The number of halogens is 1. The van der Waals surface area contributed by atoms with E-state index in [4.69, 9.17) is 0 Å². The number of hydrogen-bond donors (Lipinski definition) is 1. The second-order valence-electron chi connectivity index (χ2n) is 4.73. The Kier molecular flexibility index (Phi) is 3.44. The molecule has 3 rings (SSSR count). The van der Waals surface area contributed by atoms with Gasteiger partial charge in [0.2, 0.25) is 0 Å². The fourth-order valence-electron chi connectivity index (χ4n) is 2.38. The van der Waals surface area contributed by atoms with Gasteiger partial charge in [-0.05, 0) is 23.1 Å². The average molecular weight is 267 g/mol. The topological polar surface area (TPSA) is 33.1 Å². The maximum absolute atomic E-state index is 13.6. The van der Waals surface area contributed by atoms with E-state index in [1.807, 2.05) is 30.3 Å². The van der Waals surface area contributed by atoms with E-state index < -0.39 is 6.10 Å². The summed E-state index contributed by atoms with van der Waals surface area (Å²) in [6, 6.07) is 16.1. The SMILES string of the molecule is OC(Cc1ccccc1F)c1nccc2ccccc12. The second-order valence-corrected chi connectivity index (χ2v) is 4.73. The van der Waals surface area contributed by atoms with Crippen LogP contribution in [0.25, 0.3) is 10.8 Å². The highest BCUT2D eigenvalue weighted by molar-refractivity contribution is 5.84. The van der Waals surface area contributed by atoms with Crippen LogP contribution in [-0.2, 0) is 6.42 Å². The number of fused-ring (bicyclic) bond motifs is 1. The molecule has 1 heterocycles. The van der Waals surface area contributed by atoms with Gasteiger partial charge >= 0.3 is 0 Å². The first-order chi connectivity index (χ1) is 9.75. The molecule has 100 valence electrons. The summed E-state index contributed by atoms with van der Waals surface area (Å²) in [7, 11) is 0. The third-order valence-corrected chi connectivity index (χ3v) is 3.39. The van der Waals surface area contributed by atoms with Crippen LogP contribution in [0.3, 0.4) is 0 Å². The van der Waals surface area contributed by atoms with Crippen LogP contribution in [0, 0.1) is 5.82 Å². The molecule has 0 fully saturated rings. The monoisotopic (exact) mass is 267 g/mol. The minimum Gasteiger partial charge on any atom is -0.386 e. The summed E-state index contributed by atoms with van der Waals surface area (Å²) in [6.45, 7) is 0. The Hall–Kier alpha value is -2.26. The molecule has 0 bridgehead atoms. The van der Waals surface area contributed by atoms with E-state index in [0.29, 0.717) is 11.3 Å². The summed E-state index contributed by atoms with van der Waals surface area (Å²) in [5, 5.41) is 12.3. The molecule has 0 saturated carbocycles. The maximum Gasteiger partial charge on any atom is 0.126 e. The van der Waals surface area contributed by atoms with Gasteiger partial charge in [-0.25, -0.2) is 4.39 Å². The Labute approximate surface area is 116 Å². The largest absolute Gasteiger partial charge is 0.386 e. The summed E-state index contributed by atoms with van der Waals surface area (Å²) in [4.78, 5) is 4.26. The van der Waals surface area contributed by atoms with Gasteiger partial charge in [-0.3, -0.25) is 4.98 Å². The average Bonchev–Trinajstić information content (AvgIpc) is 2.49. The van der Waals surface area contributed by atoms with Crippen LogP contribution in [0.15, 0.2) is 60.8 Å². The van der Waals surface area contributed by atoms with Crippen molar-refractivity contribution in [3.63, 3.8) is 0 Å². The Balaban J connectivity index is 1.97. The molecule has 3 heteroatoms. The number of nitrogens with zero attached hydrogens (tertiary/aromatic N) is 1. The van der Waals surface area contributed by atoms with E-state index in [0.717, 1.165) is 10.8 Å². The zero-order valence-corrected chi connectivity index (χ0v) is 10.8. The van der Waals surface area contributed by atoms with E-state index in [1.54, 1.807) is 24.4 Å². The van der Waals surface area contributed by atoms with Crippen molar-refractivity contribution in [2.24, 2.45) is 0 Å². The fourth-order valence-corrected chi connectivity index (χ4v) is 2.38. The zero-order valence-electron chi connectivity index (χ0n) is 10.8. The molecule has 0 saturated heterocycles. The summed E-state index contributed by atoms with van der Waals surface area (Å²) in [5.74, 6) is -0.299. The van der Waals surface area contributed by atoms with E-state index in [-0.39, 0.29) is 12.2 Å². The number of aromatic nitrogens is 1. The van der Waals surface area contributed by atoms with Gasteiger partial charge in [0.15, 0.2) is 0 Å². The van der Waals surface area contributed by atoms with Crippen LogP contribution in [0.1, 0.15) is 17.4 Å². The summed E-state index contributed by atoms with van der Waals surface area (Å²) < 4.78 is 13.6. The predicted molar refractivity (Wildman–Crippen MR) is 76.8 cm³/mol. The first-order valence-electron chi connectivity index (χ1n) is 6.51. The number of hydrogen-bond acceptors (Lipinski definition) is 2. The van der Waals surface area contributed by atoms with Crippen LogP contribution in [0.5, 0.6) is 0 Å². The predicted octanol–water partition coefficient (Wildman–Crippen LogP) is 3.65. The molecule has 0 spiro atoms. The molecular weight excluding hydrogens is 253 g/mol. The van der Waals surface area contributed by atoms with Crippen LogP contribution in [-0.4, -0.2) is 10.1 Å². The van der Waals surface area contributed by atoms with Crippen molar-refractivity contribution >= 4 is 10.8 Å². The zero-order chi connectivity index (χ0) is 13.9. The quantitative estimate of drug-likeness (QED) is 0.785. The Morgan fingerprint density at radius 1 is 1.00 bits per heavy atom. The van der Waals surface area contributed by atoms with Crippen molar-refractivity contribution in [1.29, 1.82) is 0 Å². The normalized spacial score (nSPS) is 12.5.